The van der Waals surface area contributed by atoms with Crippen LogP contribution in [-0.2, 0) is 75.0 Å². The number of fused-ring (bicyclic) bond motifs is 4. The number of nitrogens with zero attached hydrogens (tertiary/aromatic N) is 5. The second-order valence-electron chi connectivity index (χ2n) is 29.6. The molecule has 1 aliphatic carbocycles. The molecule has 9 rings (SSSR count). The highest BCUT2D eigenvalue weighted by molar-refractivity contribution is 6.07. The SMILES string of the molecule is COc1cc2c(cc1OCCCCCOc1cc3c(cc1OC)C(=O)N1C=C(C)CC1C(O)N3C(=O)OCc1ccc(NC(=O)C(C)NC(=O)C(NC(=O)CCOCCOCCOCCOCCOCCOCCOCCOCCNC(=O)CCn3c(O)cc(C4CCCCCCCC4)c3O)C(C)C)cc1)N=CC1CC(C)=CN1C2=O. The van der Waals surface area contributed by atoms with Crippen LogP contribution in [0.15, 0.2) is 83.1 Å². The van der Waals surface area contributed by atoms with Crippen molar-refractivity contribution in [2.75, 3.05) is 150 Å². The standard InChI is InChI=1S/C84H119N9O23/c1-56(2)77(89-75(95)24-29-106-31-33-108-35-37-110-39-41-112-43-44-113-42-40-111-38-36-109-34-32-107-30-25-85-74(94)23-26-90-76(96)49-64(80(90)99)61-17-13-10-8-9-11-14-18-61)79(98)87-59(5)78(97)88-62-21-19-60(20-22-62)55-116-84(103)93-68-51-73(71(105-7)48-66(68)82(101)92-54-58(4)46-69(92)83(93)102)115-28-16-12-15-27-114-72-50-67-65(47-70(72)104-6)81(100)91-53-57(3)45-63(91)52-86-67/h19-22,47-54,56,59,61,63,69,77,83,96,99,102H,8-18,23-46,55H2,1-7H3,(H,85,94)(H,87,98)(H,88,97)(H,89,95). The number of methoxy groups -OCH3 is 2. The van der Waals surface area contributed by atoms with Crippen LogP contribution in [0.25, 0.3) is 0 Å². The van der Waals surface area contributed by atoms with Crippen molar-refractivity contribution in [1.82, 2.24) is 30.3 Å². The van der Waals surface area contributed by atoms with E-state index in [2.05, 4.69) is 26.3 Å². The quantitative estimate of drug-likeness (QED) is 0.0202. The maximum Gasteiger partial charge on any atom is 0.416 e. The molecule has 5 heterocycles. The number of unbranched alkanes of at least 4 members (excludes halogenated alkanes) is 2. The van der Waals surface area contributed by atoms with E-state index in [0.717, 1.165) is 53.7 Å². The summed E-state index contributed by atoms with van der Waals surface area (Å²) in [5.41, 5.74) is 4.71. The third kappa shape index (κ3) is 27.4. The number of amides is 7. The molecule has 4 aromatic rings. The van der Waals surface area contributed by atoms with Gasteiger partial charge in [0, 0.05) is 74.0 Å². The first-order valence-electron chi connectivity index (χ1n) is 40.6. The minimum Gasteiger partial charge on any atom is -0.494 e. The van der Waals surface area contributed by atoms with Gasteiger partial charge in [-0.05, 0) is 107 Å². The van der Waals surface area contributed by atoms with Gasteiger partial charge in [0.05, 0.1) is 168 Å². The molecule has 1 saturated carbocycles. The Kier molecular flexibility index (Phi) is 37.3. The lowest BCUT2D eigenvalue weighted by Gasteiger charge is -2.31. The molecule has 5 unspecified atom stereocenters. The van der Waals surface area contributed by atoms with Crippen molar-refractivity contribution >= 4 is 64.8 Å². The summed E-state index contributed by atoms with van der Waals surface area (Å²) in [4.78, 5) is 103. The molecule has 0 spiro atoms. The van der Waals surface area contributed by atoms with Crippen molar-refractivity contribution in [3.63, 3.8) is 0 Å². The predicted molar refractivity (Wildman–Crippen MR) is 430 cm³/mol. The highest BCUT2D eigenvalue weighted by atomic mass is 16.6. The predicted octanol–water partition coefficient (Wildman–Crippen LogP) is 9.50. The monoisotopic (exact) mass is 1620 g/mol. The number of aliphatic hydroxyl groups is 1. The van der Waals surface area contributed by atoms with E-state index >= 15 is 0 Å². The van der Waals surface area contributed by atoms with E-state index < -0.39 is 54.1 Å². The molecule has 7 N–H and O–H groups in total. The number of nitrogens with one attached hydrogen (secondary N) is 4. The molecule has 32 heteroatoms. The van der Waals surface area contributed by atoms with E-state index in [1.807, 2.05) is 20.0 Å². The van der Waals surface area contributed by atoms with Gasteiger partial charge < -0.3 is 108 Å². The van der Waals surface area contributed by atoms with Gasteiger partial charge in [-0.15, -0.1) is 0 Å². The Morgan fingerprint density at radius 2 is 1.10 bits per heavy atom. The Hall–Kier alpha value is -9.38. The Bertz CT molecular complexity index is 3930. The number of benzene rings is 3. The minimum atomic E-state index is -1.53. The van der Waals surface area contributed by atoms with E-state index in [9.17, 15) is 48.9 Å². The lowest BCUT2D eigenvalue weighted by atomic mass is 9.91. The summed E-state index contributed by atoms with van der Waals surface area (Å²) in [6.45, 7) is 15.3. The number of hydrogen-bond acceptors (Lipinski definition) is 24. The number of ether oxygens (including phenoxy) is 13. The lowest BCUT2D eigenvalue weighted by molar-refractivity contribution is -0.132. The maximum absolute atomic E-state index is 14.3. The van der Waals surface area contributed by atoms with Gasteiger partial charge in [0.1, 0.15) is 18.7 Å². The molecule has 638 valence electrons. The topological polar surface area (TPSA) is 375 Å². The zero-order valence-corrected chi connectivity index (χ0v) is 68.2. The average molecular weight is 1620 g/mol. The number of carbonyl (C=O) groups is 7. The minimum absolute atomic E-state index is 0.0125. The number of aliphatic imine (C=N–C) groups is 1. The van der Waals surface area contributed by atoms with E-state index in [1.165, 1.54) is 68.4 Å². The average Bonchev–Trinajstić information content (AvgIpc) is 1.58. The van der Waals surface area contributed by atoms with Crippen LogP contribution in [0, 0.1) is 5.92 Å². The molecular weight excluding hydrogens is 1500 g/mol. The van der Waals surface area contributed by atoms with E-state index in [0.29, 0.717) is 159 Å². The summed E-state index contributed by atoms with van der Waals surface area (Å²) in [6.07, 6.45) is 15.0. The number of hydrogen-bond donors (Lipinski definition) is 7. The van der Waals surface area contributed by atoms with Gasteiger partial charge >= 0.3 is 6.09 Å². The smallest absolute Gasteiger partial charge is 0.416 e. The summed E-state index contributed by atoms with van der Waals surface area (Å²) < 4.78 is 75.4. The Morgan fingerprint density at radius 1 is 0.569 bits per heavy atom. The van der Waals surface area contributed by atoms with E-state index in [1.54, 1.807) is 73.6 Å². The zero-order chi connectivity index (χ0) is 82.7. The molecule has 0 radical (unpaired) electrons. The first kappa shape index (κ1) is 90.5. The summed E-state index contributed by atoms with van der Waals surface area (Å²) in [7, 11) is 2.96. The normalized spacial score (nSPS) is 17.3. The molecule has 4 aliphatic heterocycles. The Balaban J connectivity index is 0.570. The fourth-order valence-corrected chi connectivity index (χ4v) is 14.1. The van der Waals surface area contributed by atoms with Crippen molar-refractivity contribution in [2.24, 2.45) is 10.9 Å². The van der Waals surface area contributed by atoms with Crippen molar-refractivity contribution in [3.05, 3.63) is 100 Å². The number of aromatic nitrogens is 1. The van der Waals surface area contributed by atoms with Crippen LogP contribution in [0.3, 0.4) is 0 Å². The fraction of sp³-hybridized carbons (Fsp3) is 0.595. The van der Waals surface area contributed by atoms with Crippen LogP contribution < -0.4 is 45.1 Å². The van der Waals surface area contributed by atoms with Crippen molar-refractivity contribution in [3.8, 4) is 34.8 Å². The lowest BCUT2D eigenvalue weighted by Crippen LogP contribution is -2.53. The Morgan fingerprint density at radius 3 is 1.69 bits per heavy atom. The molecule has 116 heavy (non-hydrogen) atoms. The number of carbonyl (C=O) groups excluding carboxylic acids is 7. The van der Waals surface area contributed by atoms with Crippen LogP contribution in [-0.4, -0.2) is 248 Å². The molecule has 0 saturated heterocycles. The second-order valence-corrected chi connectivity index (χ2v) is 29.6. The van der Waals surface area contributed by atoms with Crippen molar-refractivity contribution in [1.29, 1.82) is 0 Å². The van der Waals surface area contributed by atoms with Crippen molar-refractivity contribution < 1.29 is 110 Å². The van der Waals surface area contributed by atoms with Gasteiger partial charge in [0.15, 0.2) is 41.0 Å². The van der Waals surface area contributed by atoms with E-state index in [4.69, 9.17) is 61.6 Å². The molecule has 7 amide bonds. The highest BCUT2D eigenvalue weighted by Gasteiger charge is 2.45. The number of aromatic hydroxyl groups is 2. The summed E-state index contributed by atoms with van der Waals surface area (Å²) in [5, 5.41) is 44.4. The Labute approximate surface area is 679 Å². The largest absolute Gasteiger partial charge is 0.494 e. The number of aliphatic hydroxyl groups excluding tert-OH is 1. The molecule has 1 fully saturated rings. The van der Waals surface area contributed by atoms with Crippen LogP contribution in [0.2, 0.25) is 0 Å². The highest BCUT2D eigenvalue weighted by Crippen LogP contribution is 2.44. The van der Waals surface area contributed by atoms with Crippen LogP contribution in [0.1, 0.15) is 169 Å². The van der Waals surface area contributed by atoms with Gasteiger partial charge in [-0.25, -0.2) is 9.69 Å². The molecule has 5 atom stereocenters. The summed E-state index contributed by atoms with van der Waals surface area (Å²) in [5.74, 6) is -0.966. The van der Waals surface area contributed by atoms with Gasteiger partial charge in [-0.3, -0.25) is 38.3 Å². The van der Waals surface area contributed by atoms with Crippen LogP contribution in [0.5, 0.6) is 34.8 Å². The summed E-state index contributed by atoms with van der Waals surface area (Å²) in [6, 6.07) is 11.6. The third-order valence-corrected chi connectivity index (χ3v) is 20.4. The van der Waals surface area contributed by atoms with E-state index in [-0.39, 0.29) is 117 Å². The molecule has 1 aromatic heterocycles. The molecule has 0 bridgehead atoms. The fourth-order valence-electron chi connectivity index (χ4n) is 14.1. The van der Waals surface area contributed by atoms with Gasteiger partial charge in [0.25, 0.3) is 11.8 Å². The van der Waals surface area contributed by atoms with Gasteiger partial charge in [-0.1, -0.05) is 75.7 Å². The third-order valence-electron chi connectivity index (χ3n) is 20.4. The number of rotatable bonds is 49. The molecule has 32 nitrogen and oxygen atoms in total. The van der Waals surface area contributed by atoms with Crippen LogP contribution in [0.4, 0.5) is 21.9 Å². The number of anilines is 2. The summed E-state index contributed by atoms with van der Waals surface area (Å²) >= 11 is 0. The molecular formula is C84H119N9O23. The molecule has 3 aromatic carbocycles. The maximum atomic E-state index is 14.3. The van der Waals surface area contributed by atoms with Crippen LogP contribution >= 0.6 is 0 Å². The van der Waals surface area contributed by atoms with Crippen molar-refractivity contribution in [2.45, 2.75) is 180 Å². The van der Waals surface area contributed by atoms with Gasteiger partial charge in [0.2, 0.25) is 23.6 Å². The zero-order valence-electron chi connectivity index (χ0n) is 68.2. The first-order chi connectivity index (χ1) is 56.2. The second kappa shape index (κ2) is 47.7. The first-order valence-corrected chi connectivity index (χ1v) is 40.6. The molecule has 5 aliphatic rings. The van der Waals surface area contributed by atoms with Gasteiger partial charge in [-0.2, -0.15) is 0 Å².